The molecule has 0 fully saturated rings. The number of benzene rings is 2. The lowest BCUT2D eigenvalue weighted by Gasteiger charge is -2.04. The maximum atomic E-state index is 10.9. The van der Waals surface area contributed by atoms with Gasteiger partial charge in [0, 0.05) is 13.5 Å². The predicted molar refractivity (Wildman–Crippen MR) is 99.5 cm³/mol. The maximum Gasteiger partial charge on any atom is 0.308 e. The SMILES string of the molecule is CCn1nc(/C=C/c2ccc(OC(C)=O)cc2)nc1-c1ccccc1O. The van der Waals surface area contributed by atoms with Gasteiger partial charge in [0.05, 0.1) is 5.56 Å². The van der Waals surface area contributed by atoms with Gasteiger partial charge in [-0.3, -0.25) is 4.79 Å². The third kappa shape index (κ3) is 3.97. The number of carbonyl (C=O) groups excluding carboxylic acids is 1. The van der Waals surface area contributed by atoms with Gasteiger partial charge in [0.15, 0.2) is 11.6 Å². The van der Waals surface area contributed by atoms with Crippen LogP contribution in [0.1, 0.15) is 25.2 Å². The van der Waals surface area contributed by atoms with E-state index in [0.29, 0.717) is 29.5 Å². The quantitative estimate of drug-likeness (QED) is 0.560. The third-order valence-electron chi connectivity index (χ3n) is 3.70. The van der Waals surface area contributed by atoms with Crippen molar-refractivity contribution in [2.75, 3.05) is 0 Å². The molecule has 0 bridgehead atoms. The summed E-state index contributed by atoms with van der Waals surface area (Å²) in [5.41, 5.74) is 1.57. The molecule has 6 nitrogen and oxygen atoms in total. The Labute approximate surface area is 151 Å². The van der Waals surface area contributed by atoms with Gasteiger partial charge in [0.25, 0.3) is 0 Å². The number of nitrogens with zero attached hydrogens (tertiary/aromatic N) is 3. The minimum Gasteiger partial charge on any atom is -0.507 e. The first-order chi connectivity index (χ1) is 12.6. The first-order valence-electron chi connectivity index (χ1n) is 8.26. The zero-order chi connectivity index (χ0) is 18.5. The van der Waals surface area contributed by atoms with Crippen molar-refractivity contribution < 1.29 is 14.6 Å². The Bertz CT molecular complexity index is 943. The van der Waals surface area contributed by atoms with Crippen LogP contribution >= 0.6 is 0 Å². The molecule has 132 valence electrons. The van der Waals surface area contributed by atoms with E-state index in [1.54, 1.807) is 35.0 Å². The summed E-state index contributed by atoms with van der Waals surface area (Å²) in [4.78, 5) is 15.5. The van der Waals surface area contributed by atoms with E-state index >= 15 is 0 Å². The summed E-state index contributed by atoms with van der Waals surface area (Å²) >= 11 is 0. The Morgan fingerprint density at radius 2 is 1.88 bits per heavy atom. The Kier molecular flexibility index (Phi) is 5.12. The van der Waals surface area contributed by atoms with E-state index in [4.69, 9.17) is 4.74 Å². The molecule has 0 spiro atoms. The molecule has 3 rings (SSSR count). The molecule has 0 saturated heterocycles. The summed E-state index contributed by atoms with van der Waals surface area (Å²) in [5, 5.41) is 14.5. The van der Waals surface area contributed by atoms with Gasteiger partial charge < -0.3 is 9.84 Å². The number of phenolic OH excluding ortho intramolecular Hbond substituents is 1. The Morgan fingerprint density at radius 3 is 2.54 bits per heavy atom. The van der Waals surface area contributed by atoms with Gasteiger partial charge in [-0.05, 0) is 42.8 Å². The number of hydrogen-bond donors (Lipinski definition) is 1. The number of aryl methyl sites for hydroxylation is 1. The molecule has 1 aromatic heterocycles. The average molecular weight is 349 g/mol. The van der Waals surface area contributed by atoms with E-state index < -0.39 is 0 Å². The minimum atomic E-state index is -0.348. The van der Waals surface area contributed by atoms with E-state index in [2.05, 4.69) is 10.1 Å². The molecule has 0 aliphatic heterocycles. The van der Waals surface area contributed by atoms with Crippen molar-refractivity contribution in [3.05, 3.63) is 59.9 Å². The molecule has 0 aliphatic carbocycles. The van der Waals surface area contributed by atoms with E-state index in [0.717, 1.165) is 5.56 Å². The number of hydrogen-bond acceptors (Lipinski definition) is 5. The number of aromatic nitrogens is 3. The fourth-order valence-electron chi connectivity index (χ4n) is 2.50. The maximum absolute atomic E-state index is 10.9. The van der Waals surface area contributed by atoms with Crippen molar-refractivity contribution in [1.29, 1.82) is 0 Å². The lowest BCUT2D eigenvalue weighted by atomic mass is 10.2. The molecular weight excluding hydrogens is 330 g/mol. The van der Waals surface area contributed by atoms with Crippen LogP contribution in [0.15, 0.2) is 48.5 Å². The highest BCUT2D eigenvalue weighted by Crippen LogP contribution is 2.27. The number of ether oxygens (including phenoxy) is 1. The van der Waals surface area contributed by atoms with Gasteiger partial charge in [-0.2, -0.15) is 5.10 Å². The first-order valence-corrected chi connectivity index (χ1v) is 8.26. The summed E-state index contributed by atoms with van der Waals surface area (Å²) in [6.07, 6.45) is 3.68. The van der Waals surface area contributed by atoms with E-state index in [-0.39, 0.29) is 11.7 Å². The summed E-state index contributed by atoms with van der Waals surface area (Å²) in [6, 6.07) is 14.2. The molecule has 0 amide bonds. The second kappa shape index (κ2) is 7.65. The number of esters is 1. The van der Waals surface area contributed by atoms with Crippen LogP contribution in [0.4, 0.5) is 0 Å². The minimum absolute atomic E-state index is 0.172. The van der Waals surface area contributed by atoms with E-state index in [9.17, 15) is 9.90 Å². The summed E-state index contributed by atoms with van der Waals surface area (Å²) in [7, 11) is 0. The first kappa shape index (κ1) is 17.4. The monoisotopic (exact) mass is 349 g/mol. The molecule has 1 heterocycles. The Hall–Kier alpha value is -3.41. The molecule has 0 aliphatic rings. The van der Waals surface area contributed by atoms with Gasteiger partial charge in [0.2, 0.25) is 0 Å². The van der Waals surface area contributed by atoms with E-state index in [1.807, 2.05) is 37.3 Å². The molecule has 26 heavy (non-hydrogen) atoms. The summed E-state index contributed by atoms with van der Waals surface area (Å²) in [5.74, 6) is 1.50. The van der Waals surface area contributed by atoms with Crippen molar-refractivity contribution >= 4 is 18.1 Å². The highest BCUT2D eigenvalue weighted by Gasteiger charge is 2.12. The standard InChI is InChI=1S/C20H19N3O3/c1-3-23-20(17-6-4-5-7-18(17)25)21-19(22-23)13-10-15-8-11-16(12-9-15)26-14(2)24/h4-13,25H,3H2,1-2H3/b13-10+. The number of phenols is 1. The molecule has 0 unspecified atom stereocenters. The van der Waals surface area contributed by atoms with Crippen molar-refractivity contribution in [2.45, 2.75) is 20.4 Å². The topological polar surface area (TPSA) is 77.2 Å². The number of aromatic hydroxyl groups is 1. The molecular formula is C20H19N3O3. The molecule has 0 saturated carbocycles. The van der Waals surface area contributed by atoms with Crippen LogP contribution in [0, 0.1) is 0 Å². The summed E-state index contributed by atoms with van der Waals surface area (Å²) < 4.78 is 6.76. The normalized spacial score (nSPS) is 11.0. The fourth-order valence-corrected chi connectivity index (χ4v) is 2.50. The zero-order valence-electron chi connectivity index (χ0n) is 14.6. The van der Waals surface area contributed by atoms with Crippen LogP contribution < -0.4 is 4.74 Å². The van der Waals surface area contributed by atoms with Crippen LogP contribution in [-0.4, -0.2) is 25.8 Å². The average Bonchev–Trinajstić information content (AvgIpc) is 3.04. The van der Waals surface area contributed by atoms with Crippen molar-refractivity contribution in [2.24, 2.45) is 0 Å². The lowest BCUT2D eigenvalue weighted by Crippen LogP contribution is -2.00. The van der Waals surface area contributed by atoms with Crippen LogP contribution in [0.5, 0.6) is 11.5 Å². The van der Waals surface area contributed by atoms with E-state index in [1.165, 1.54) is 6.92 Å². The van der Waals surface area contributed by atoms with Crippen LogP contribution in [0.25, 0.3) is 23.5 Å². The van der Waals surface area contributed by atoms with Crippen molar-refractivity contribution in [3.63, 3.8) is 0 Å². The van der Waals surface area contributed by atoms with Crippen molar-refractivity contribution in [1.82, 2.24) is 14.8 Å². The smallest absolute Gasteiger partial charge is 0.308 e. The Balaban J connectivity index is 1.83. The fraction of sp³-hybridized carbons (Fsp3) is 0.150. The van der Waals surface area contributed by atoms with Gasteiger partial charge in [0.1, 0.15) is 11.5 Å². The number of para-hydroxylation sites is 1. The second-order valence-corrected chi connectivity index (χ2v) is 5.62. The van der Waals surface area contributed by atoms with Crippen molar-refractivity contribution in [3.8, 4) is 22.9 Å². The highest BCUT2D eigenvalue weighted by molar-refractivity contribution is 5.71. The molecule has 2 aromatic carbocycles. The number of carbonyl (C=O) groups is 1. The lowest BCUT2D eigenvalue weighted by molar-refractivity contribution is -0.131. The summed E-state index contributed by atoms with van der Waals surface area (Å²) in [6.45, 7) is 3.98. The second-order valence-electron chi connectivity index (χ2n) is 5.62. The number of rotatable bonds is 5. The molecule has 3 aromatic rings. The van der Waals surface area contributed by atoms with Gasteiger partial charge >= 0.3 is 5.97 Å². The zero-order valence-corrected chi connectivity index (χ0v) is 14.6. The van der Waals surface area contributed by atoms with Crippen LogP contribution in [-0.2, 0) is 11.3 Å². The van der Waals surface area contributed by atoms with Gasteiger partial charge in [-0.1, -0.05) is 30.3 Å². The van der Waals surface area contributed by atoms with Gasteiger partial charge in [-0.25, -0.2) is 9.67 Å². The predicted octanol–water partition coefficient (Wildman–Crippen LogP) is 3.77. The molecule has 1 N–H and O–H groups in total. The highest BCUT2D eigenvalue weighted by atomic mass is 16.5. The van der Waals surface area contributed by atoms with Gasteiger partial charge in [-0.15, -0.1) is 0 Å². The molecule has 0 radical (unpaired) electrons. The third-order valence-corrected chi connectivity index (χ3v) is 3.70. The van der Waals surface area contributed by atoms with Crippen LogP contribution in [0.3, 0.4) is 0 Å². The Morgan fingerprint density at radius 1 is 1.15 bits per heavy atom. The van der Waals surface area contributed by atoms with Crippen LogP contribution in [0.2, 0.25) is 0 Å². The largest absolute Gasteiger partial charge is 0.507 e. The molecule has 6 heteroatoms. The molecule has 0 atom stereocenters.